The number of rotatable bonds is 3. The van der Waals surface area contributed by atoms with Crippen LogP contribution in [0.3, 0.4) is 0 Å². The van der Waals surface area contributed by atoms with Gasteiger partial charge >= 0.3 is 0 Å². The fourth-order valence-corrected chi connectivity index (χ4v) is 2.10. The number of nitrogens with two attached hydrogens (primary N) is 1. The number of aliphatic hydroxyl groups is 1. The number of nitrogens with zero attached hydrogens (tertiary/aromatic N) is 2. The fourth-order valence-electron chi connectivity index (χ4n) is 2.10. The smallest absolute Gasteiger partial charge is 0.147 e. The van der Waals surface area contributed by atoms with E-state index < -0.39 is 6.04 Å². The van der Waals surface area contributed by atoms with Crippen LogP contribution in [0.1, 0.15) is 49.2 Å². The van der Waals surface area contributed by atoms with E-state index in [1.54, 1.807) is 6.20 Å². The highest BCUT2D eigenvalue weighted by molar-refractivity contribution is 5.11. The Morgan fingerprint density at radius 3 is 2.87 bits per heavy atom. The van der Waals surface area contributed by atoms with Gasteiger partial charge in [0.1, 0.15) is 5.82 Å². The van der Waals surface area contributed by atoms with E-state index in [0.29, 0.717) is 11.7 Å². The van der Waals surface area contributed by atoms with Crippen LogP contribution in [0.4, 0.5) is 0 Å². The van der Waals surface area contributed by atoms with Gasteiger partial charge in [-0.25, -0.2) is 9.97 Å². The molecule has 15 heavy (non-hydrogen) atoms. The average molecular weight is 207 g/mol. The van der Waals surface area contributed by atoms with Crippen molar-refractivity contribution in [2.75, 3.05) is 6.61 Å². The molecule has 82 valence electrons. The summed E-state index contributed by atoms with van der Waals surface area (Å²) >= 11 is 0. The Bertz CT molecular complexity index is 323. The van der Waals surface area contributed by atoms with Gasteiger partial charge in [0.2, 0.25) is 0 Å². The minimum absolute atomic E-state index is 0.103. The molecule has 0 radical (unpaired) electrons. The highest BCUT2D eigenvalue weighted by Crippen LogP contribution is 2.32. The maximum atomic E-state index is 8.94. The normalized spacial score (nSPS) is 19.3. The zero-order valence-corrected chi connectivity index (χ0v) is 8.76. The highest BCUT2D eigenvalue weighted by atomic mass is 16.3. The van der Waals surface area contributed by atoms with Gasteiger partial charge in [-0.1, -0.05) is 12.8 Å². The van der Waals surface area contributed by atoms with Crippen molar-refractivity contribution in [2.45, 2.75) is 37.6 Å². The van der Waals surface area contributed by atoms with E-state index in [1.165, 1.54) is 25.7 Å². The first-order valence-electron chi connectivity index (χ1n) is 5.50. The SMILES string of the molecule is NC(CO)c1nccc(C2CCCC2)n1. The molecule has 0 amide bonds. The van der Waals surface area contributed by atoms with Gasteiger partial charge in [-0.15, -0.1) is 0 Å². The van der Waals surface area contributed by atoms with Gasteiger partial charge in [-0.05, 0) is 18.9 Å². The van der Waals surface area contributed by atoms with Gasteiger partial charge in [0, 0.05) is 17.8 Å². The Balaban J connectivity index is 2.18. The van der Waals surface area contributed by atoms with Crippen LogP contribution in [0.2, 0.25) is 0 Å². The van der Waals surface area contributed by atoms with Gasteiger partial charge in [-0.2, -0.15) is 0 Å². The van der Waals surface area contributed by atoms with Crippen LogP contribution in [0.25, 0.3) is 0 Å². The first kappa shape index (κ1) is 10.5. The van der Waals surface area contributed by atoms with E-state index in [0.717, 1.165) is 5.69 Å². The van der Waals surface area contributed by atoms with Crippen LogP contribution in [0, 0.1) is 0 Å². The van der Waals surface area contributed by atoms with E-state index in [4.69, 9.17) is 10.8 Å². The van der Waals surface area contributed by atoms with Crippen molar-refractivity contribution in [2.24, 2.45) is 5.73 Å². The Hall–Kier alpha value is -1.00. The molecule has 1 heterocycles. The summed E-state index contributed by atoms with van der Waals surface area (Å²) in [5, 5.41) is 8.94. The van der Waals surface area contributed by atoms with E-state index >= 15 is 0 Å². The lowest BCUT2D eigenvalue weighted by atomic mass is 10.0. The molecular weight excluding hydrogens is 190 g/mol. The van der Waals surface area contributed by atoms with Crippen LogP contribution in [0.15, 0.2) is 12.3 Å². The van der Waals surface area contributed by atoms with Crippen molar-refractivity contribution < 1.29 is 5.11 Å². The van der Waals surface area contributed by atoms with Crippen molar-refractivity contribution in [3.63, 3.8) is 0 Å². The largest absolute Gasteiger partial charge is 0.394 e. The molecule has 1 aromatic rings. The molecule has 1 fully saturated rings. The molecule has 2 rings (SSSR count). The zero-order valence-electron chi connectivity index (χ0n) is 8.76. The molecule has 3 N–H and O–H groups in total. The van der Waals surface area contributed by atoms with E-state index in [1.807, 2.05) is 6.07 Å². The molecule has 1 atom stereocenters. The van der Waals surface area contributed by atoms with Crippen molar-refractivity contribution in [1.82, 2.24) is 9.97 Å². The summed E-state index contributed by atoms with van der Waals surface area (Å²) in [6.45, 7) is -0.103. The molecule has 1 aromatic heterocycles. The lowest BCUT2D eigenvalue weighted by molar-refractivity contribution is 0.263. The molecule has 1 unspecified atom stereocenters. The van der Waals surface area contributed by atoms with Crippen molar-refractivity contribution in [1.29, 1.82) is 0 Å². The Morgan fingerprint density at radius 2 is 2.20 bits per heavy atom. The summed E-state index contributed by atoms with van der Waals surface area (Å²) < 4.78 is 0. The summed E-state index contributed by atoms with van der Waals surface area (Å²) in [4.78, 5) is 8.51. The predicted molar refractivity (Wildman–Crippen MR) is 57.3 cm³/mol. The van der Waals surface area contributed by atoms with Crippen molar-refractivity contribution >= 4 is 0 Å². The van der Waals surface area contributed by atoms with Crippen molar-refractivity contribution in [3.8, 4) is 0 Å². The van der Waals surface area contributed by atoms with Crippen molar-refractivity contribution in [3.05, 3.63) is 23.8 Å². The summed E-state index contributed by atoms with van der Waals surface area (Å²) in [6.07, 6.45) is 6.74. The number of aromatic nitrogens is 2. The van der Waals surface area contributed by atoms with Gasteiger partial charge < -0.3 is 10.8 Å². The summed E-state index contributed by atoms with van der Waals surface area (Å²) in [6, 6.07) is 1.51. The summed E-state index contributed by atoms with van der Waals surface area (Å²) in [7, 11) is 0. The van der Waals surface area contributed by atoms with Gasteiger partial charge in [0.25, 0.3) is 0 Å². The third kappa shape index (κ3) is 2.33. The standard InChI is InChI=1S/C11H17N3O/c12-9(7-15)11-13-6-5-10(14-11)8-3-1-2-4-8/h5-6,8-9,15H,1-4,7,12H2. The molecule has 4 heteroatoms. The van der Waals surface area contributed by atoms with E-state index in [-0.39, 0.29) is 6.61 Å². The molecule has 1 aliphatic rings. The third-order valence-corrected chi connectivity index (χ3v) is 3.00. The van der Waals surface area contributed by atoms with Gasteiger partial charge in [-0.3, -0.25) is 0 Å². The molecule has 0 saturated heterocycles. The first-order valence-corrected chi connectivity index (χ1v) is 5.50. The average Bonchev–Trinajstić information content (AvgIpc) is 2.82. The number of aliphatic hydroxyl groups excluding tert-OH is 1. The number of hydrogen-bond donors (Lipinski definition) is 2. The zero-order chi connectivity index (χ0) is 10.7. The van der Waals surface area contributed by atoms with Crippen LogP contribution < -0.4 is 5.73 Å². The highest BCUT2D eigenvalue weighted by Gasteiger charge is 2.19. The second kappa shape index (κ2) is 4.68. The first-order chi connectivity index (χ1) is 7.31. The predicted octanol–water partition coefficient (Wildman–Crippen LogP) is 1.13. The number of hydrogen-bond acceptors (Lipinski definition) is 4. The maximum absolute atomic E-state index is 8.94. The fraction of sp³-hybridized carbons (Fsp3) is 0.636. The molecule has 0 aromatic carbocycles. The Kier molecular flexibility index (Phi) is 3.28. The molecule has 0 spiro atoms. The topological polar surface area (TPSA) is 72.0 Å². The van der Waals surface area contributed by atoms with Crippen LogP contribution in [-0.4, -0.2) is 21.7 Å². The molecule has 4 nitrogen and oxygen atoms in total. The molecule has 1 aliphatic carbocycles. The molecule has 1 saturated carbocycles. The summed E-state index contributed by atoms with van der Waals surface area (Å²) in [5.41, 5.74) is 6.77. The molecular formula is C11H17N3O. The molecule has 0 aliphatic heterocycles. The Morgan fingerprint density at radius 1 is 1.47 bits per heavy atom. The van der Waals surface area contributed by atoms with Crippen LogP contribution >= 0.6 is 0 Å². The van der Waals surface area contributed by atoms with Gasteiger partial charge in [0.05, 0.1) is 12.6 Å². The second-order valence-electron chi connectivity index (χ2n) is 4.11. The van der Waals surface area contributed by atoms with Crippen LogP contribution in [-0.2, 0) is 0 Å². The summed E-state index contributed by atoms with van der Waals surface area (Å²) in [5.74, 6) is 1.12. The Labute approximate surface area is 89.6 Å². The lowest BCUT2D eigenvalue weighted by Crippen LogP contribution is -2.18. The lowest BCUT2D eigenvalue weighted by Gasteiger charge is -2.11. The van der Waals surface area contributed by atoms with E-state index in [2.05, 4.69) is 9.97 Å². The van der Waals surface area contributed by atoms with Crippen LogP contribution in [0.5, 0.6) is 0 Å². The van der Waals surface area contributed by atoms with E-state index in [9.17, 15) is 0 Å². The van der Waals surface area contributed by atoms with Gasteiger partial charge in [0.15, 0.2) is 0 Å². The molecule has 0 bridgehead atoms. The third-order valence-electron chi connectivity index (χ3n) is 3.00. The minimum atomic E-state index is -0.452. The second-order valence-corrected chi connectivity index (χ2v) is 4.11. The quantitative estimate of drug-likeness (QED) is 0.779. The monoisotopic (exact) mass is 207 g/mol. The minimum Gasteiger partial charge on any atom is -0.394 e. The maximum Gasteiger partial charge on any atom is 0.147 e.